The summed E-state index contributed by atoms with van der Waals surface area (Å²) in [6, 6.07) is -0.972. The van der Waals surface area contributed by atoms with Crippen LogP contribution in [0.1, 0.15) is 45.4 Å². The van der Waals surface area contributed by atoms with Gasteiger partial charge in [0, 0.05) is 6.04 Å². The van der Waals surface area contributed by atoms with Crippen LogP contribution in [0.2, 0.25) is 0 Å². The summed E-state index contributed by atoms with van der Waals surface area (Å²) in [6.45, 7) is 1.33. The van der Waals surface area contributed by atoms with E-state index in [0.717, 1.165) is 19.3 Å². The van der Waals surface area contributed by atoms with E-state index >= 15 is 0 Å². The third-order valence-corrected chi connectivity index (χ3v) is 3.92. The second-order valence-electron chi connectivity index (χ2n) is 5.20. The molecule has 0 spiro atoms. The lowest BCUT2D eigenvalue weighted by molar-refractivity contribution is -0.143. The van der Waals surface area contributed by atoms with E-state index in [2.05, 4.69) is 5.32 Å². The number of hydrogen-bond donors (Lipinski definition) is 2. The highest BCUT2D eigenvalue weighted by Gasteiger charge is 2.43. The number of nitrogens with two attached hydrogens (primary N) is 1. The molecule has 110 valence electrons. The summed E-state index contributed by atoms with van der Waals surface area (Å²) in [5, 5.41) is 2.40. The van der Waals surface area contributed by atoms with Crippen LogP contribution in [0.4, 0.5) is 13.2 Å². The zero-order valence-corrected chi connectivity index (χ0v) is 11.7. The normalized spacial score (nSPS) is 20.6. The van der Waals surface area contributed by atoms with Gasteiger partial charge >= 0.3 is 6.18 Å². The number of carbonyl (C=O) groups is 1. The second-order valence-corrected chi connectivity index (χ2v) is 5.64. The van der Waals surface area contributed by atoms with Gasteiger partial charge in [-0.05, 0) is 19.8 Å². The molecule has 1 aliphatic carbocycles. The summed E-state index contributed by atoms with van der Waals surface area (Å²) in [5.41, 5.74) is 4.69. The fourth-order valence-electron chi connectivity index (χ4n) is 2.50. The smallest absolute Gasteiger partial charge is 0.391 e. The minimum absolute atomic E-state index is 0.0870. The number of nitrogens with one attached hydrogen (secondary N) is 1. The fraction of sp³-hybridized carbons (Fsp3) is 0.833. The Morgan fingerprint density at radius 1 is 1.37 bits per heavy atom. The first-order valence-electron chi connectivity index (χ1n) is 6.35. The largest absolute Gasteiger partial charge is 0.392 e. The predicted octanol–water partition coefficient (Wildman–Crippen LogP) is 2.68. The van der Waals surface area contributed by atoms with Crippen molar-refractivity contribution in [1.29, 1.82) is 0 Å². The summed E-state index contributed by atoms with van der Waals surface area (Å²) < 4.78 is 36.8. The quantitative estimate of drug-likeness (QED) is 0.784. The molecular formula is C12H19F3N2OS. The molecule has 0 radical (unpaired) electrons. The van der Waals surface area contributed by atoms with Crippen LogP contribution < -0.4 is 11.1 Å². The Hall–Kier alpha value is -0.850. The Morgan fingerprint density at radius 2 is 1.89 bits per heavy atom. The molecule has 0 heterocycles. The number of carbonyl (C=O) groups excluding carboxylic acids is 1. The van der Waals surface area contributed by atoms with Gasteiger partial charge in [-0.25, -0.2) is 0 Å². The van der Waals surface area contributed by atoms with Gasteiger partial charge in [-0.3, -0.25) is 4.79 Å². The topological polar surface area (TPSA) is 55.1 Å². The minimum atomic E-state index is -4.30. The van der Waals surface area contributed by atoms with Gasteiger partial charge in [0.15, 0.2) is 0 Å². The Balaban J connectivity index is 2.71. The molecule has 3 N–H and O–H groups in total. The predicted molar refractivity (Wildman–Crippen MR) is 70.6 cm³/mol. The van der Waals surface area contributed by atoms with Crippen LogP contribution in [-0.4, -0.2) is 23.1 Å². The van der Waals surface area contributed by atoms with Crippen LogP contribution in [0.3, 0.4) is 0 Å². The maximum Gasteiger partial charge on any atom is 0.391 e. The molecule has 1 rings (SSSR count). The molecule has 7 heteroatoms. The summed E-state index contributed by atoms with van der Waals surface area (Å²) in [5.74, 6) is -0.462. The molecule has 0 aromatic rings. The van der Waals surface area contributed by atoms with Gasteiger partial charge in [-0.15, -0.1) is 0 Å². The highest BCUT2D eigenvalue weighted by molar-refractivity contribution is 7.80. The van der Waals surface area contributed by atoms with E-state index in [-0.39, 0.29) is 4.99 Å². The van der Waals surface area contributed by atoms with Gasteiger partial charge in [0.1, 0.15) is 0 Å². The average Bonchev–Trinajstić information content (AvgIpc) is 2.26. The number of amides is 1. The van der Waals surface area contributed by atoms with Gasteiger partial charge < -0.3 is 11.1 Å². The van der Waals surface area contributed by atoms with Crippen molar-refractivity contribution in [3.05, 3.63) is 0 Å². The molecular weight excluding hydrogens is 277 g/mol. The van der Waals surface area contributed by atoms with E-state index in [1.54, 1.807) is 0 Å². The van der Waals surface area contributed by atoms with E-state index in [4.69, 9.17) is 18.0 Å². The van der Waals surface area contributed by atoms with E-state index in [9.17, 15) is 18.0 Å². The lowest BCUT2D eigenvalue weighted by atomic mass is 9.73. The van der Waals surface area contributed by atoms with E-state index in [0.29, 0.717) is 12.8 Å². The van der Waals surface area contributed by atoms with Crippen LogP contribution in [0.25, 0.3) is 0 Å². The molecule has 1 amide bonds. The molecule has 1 saturated carbocycles. The van der Waals surface area contributed by atoms with E-state index in [1.807, 2.05) is 0 Å². The Morgan fingerprint density at radius 3 is 2.32 bits per heavy atom. The third kappa shape index (κ3) is 4.33. The van der Waals surface area contributed by atoms with Crippen molar-refractivity contribution in [2.24, 2.45) is 11.1 Å². The first kappa shape index (κ1) is 16.2. The number of rotatable bonds is 4. The Bertz CT molecular complexity index is 351. The first-order chi connectivity index (χ1) is 8.67. The van der Waals surface area contributed by atoms with Crippen LogP contribution >= 0.6 is 12.2 Å². The highest BCUT2D eigenvalue weighted by Crippen LogP contribution is 2.37. The molecule has 0 saturated heterocycles. The molecule has 0 bridgehead atoms. The highest BCUT2D eigenvalue weighted by atomic mass is 32.1. The first-order valence-corrected chi connectivity index (χ1v) is 6.76. The lowest BCUT2D eigenvalue weighted by Gasteiger charge is -2.35. The van der Waals surface area contributed by atoms with Crippen molar-refractivity contribution >= 4 is 23.1 Å². The van der Waals surface area contributed by atoms with Gasteiger partial charge in [0.05, 0.1) is 16.8 Å². The maximum atomic E-state index is 12.3. The fourth-order valence-corrected chi connectivity index (χ4v) is 2.80. The summed E-state index contributed by atoms with van der Waals surface area (Å²) in [4.78, 5) is 12.3. The number of halogens is 3. The van der Waals surface area contributed by atoms with Crippen LogP contribution in [0.15, 0.2) is 0 Å². The molecule has 1 fully saturated rings. The molecule has 0 aromatic carbocycles. The SMILES string of the molecule is CC(CC(F)(F)F)NC(=O)C1(C(N)=S)CCCCC1. The van der Waals surface area contributed by atoms with Crippen molar-refractivity contribution in [2.45, 2.75) is 57.7 Å². The minimum Gasteiger partial charge on any atom is -0.392 e. The van der Waals surface area contributed by atoms with Crippen LogP contribution in [0, 0.1) is 5.41 Å². The number of alkyl halides is 3. The number of thiocarbonyl (C=S) groups is 1. The van der Waals surface area contributed by atoms with Crippen molar-refractivity contribution in [1.82, 2.24) is 5.32 Å². The zero-order valence-electron chi connectivity index (χ0n) is 10.8. The molecule has 1 atom stereocenters. The van der Waals surface area contributed by atoms with Crippen molar-refractivity contribution < 1.29 is 18.0 Å². The lowest BCUT2D eigenvalue weighted by Crippen LogP contribution is -2.52. The summed E-state index contributed by atoms with van der Waals surface area (Å²) in [7, 11) is 0. The van der Waals surface area contributed by atoms with Crippen molar-refractivity contribution in [2.75, 3.05) is 0 Å². The van der Waals surface area contributed by atoms with Gasteiger partial charge in [0.2, 0.25) is 5.91 Å². The van der Waals surface area contributed by atoms with E-state index < -0.39 is 30.0 Å². The zero-order chi connectivity index (χ0) is 14.7. The maximum absolute atomic E-state index is 12.3. The van der Waals surface area contributed by atoms with Crippen LogP contribution in [-0.2, 0) is 4.79 Å². The molecule has 3 nitrogen and oxygen atoms in total. The molecule has 0 aromatic heterocycles. The van der Waals surface area contributed by atoms with E-state index in [1.165, 1.54) is 6.92 Å². The monoisotopic (exact) mass is 296 g/mol. The average molecular weight is 296 g/mol. The van der Waals surface area contributed by atoms with Crippen molar-refractivity contribution in [3.8, 4) is 0 Å². The van der Waals surface area contributed by atoms with Gasteiger partial charge in [-0.1, -0.05) is 31.5 Å². The van der Waals surface area contributed by atoms with Gasteiger partial charge in [0.25, 0.3) is 0 Å². The Kier molecular flexibility index (Phi) is 5.18. The van der Waals surface area contributed by atoms with Crippen molar-refractivity contribution in [3.63, 3.8) is 0 Å². The molecule has 1 unspecified atom stereocenters. The van der Waals surface area contributed by atoms with Crippen LogP contribution in [0.5, 0.6) is 0 Å². The van der Waals surface area contributed by atoms with Gasteiger partial charge in [-0.2, -0.15) is 13.2 Å². The third-order valence-electron chi connectivity index (χ3n) is 3.53. The Labute approximate surface area is 116 Å². The molecule has 19 heavy (non-hydrogen) atoms. The number of hydrogen-bond acceptors (Lipinski definition) is 2. The summed E-state index contributed by atoms with van der Waals surface area (Å²) >= 11 is 4.96. The summed E-state index contributed by atoms with van der Waals surface area (Å²) in [6.07, 6.45) is -1.67. The molecule has 1 aliphatic rings. The molecule has 0 aliphatic heterocycles. The second kappa shape index (κ2) is 6.07. The standard InChI is InChI=1S/C12H19F3N2OS/c1-8(7-12(13,14)15)17-10(18)11(9(16)19)5-3-2-4-6-11/h8H,2-7H2,1H3,(H2,16,19)(H,17,18).